The molecule has 0 spiro atoms. The molecule has 1 rings (SSSR count). The molecule has 0 aliphatic carbocycles. The molecule has 3 N–H and O–H groups in total. The van der Waals surface area contributed by atoms with Crippen LogP contribution in [-0.4, -0.2) is 16.5 Å². The highest BCUT2D eigenvalue weighted by Gasteiger charge is 2.14. The van der Waals surface area contributed by atoms with Crippen molar-refractivity contribution in [2.75, 3.05) is 5.73 Å². The molecular weight excluding hydrogens is 202 g/mol. The third-order valence-corrected chi connectivity index (χ3v) is 2.46. The molecule has 0 aliphatic rings. The predicted octanol–water partition coefficient (Wildman–Crippen LogP) is 1.77. The first-order valence-electron chi connectivity index (χ1n) is 5.63. The van der Waals surface area contributed by atoms with Gasteiger partial charge in [0.15, 0.2) is 0 Å². The summed E-state index contributed by atoms with van der Waals surface area (Å²) in [5.41, 5.74) is 6.85. The molecule has 1 aromatic heterocycles. The van der Waals surface area contributed by atoms with Gasteiger partial charge in [-0.15, -0.1) is 0 Å². The van der Waals surface area contributed by atoms with Gasteiger partial charge in [0.1, 0.15) is 5.69 Å². The van der Waals surface area contributed by atoms with Gasteiger partial charge < -0.3 is 15.6 Å². The summed E-state index contributed by atoms with van der Waals surface area (Å²) in [4.78, 5) is 11.9. The third kappa shape index (κ3) is 3.29. The minimum Gasteiger partial charge on any atom is -0.397 e. The van der Waals surface area contributed by atoms with Crippen molar-refractivity contribution in [2.45, 2.75) is 33.2 Å². The lowest BCUT2D eigenvalue weighted by molar-refractivity contribution is 0.0928. The topological polar surface area (TPSA) is 60.1 Å². The number of amides is 1. The minimum absolute atomic E-state index is 0.0626. The van der Waals surface area contributed by atoms with Crippen LogP contribution in [0.4, 0.5) is 5.69 Å². The Labute approximate surface area is 96.8 Å². The van der Waals surface area contributed by atoms with Crippen molar-refractivity contribution in [2.24, 2.45) is 13.0 Å². The van der Waals surface area contributed by atoms with E-state index in [-0.39, 0.29) is 11.9 Å². The number of carbonyl (C=O) groups excluding carboxylic acids is 1. The summed E-state index contributed by atoms with van der Waals surface area (Å²) in [6.07, 6.45) is 2.72. The number of rotatable bonds is 4. The van der Waals surface area contributed by atoms with Gasteiger partial charge in [0.05, 0.1) is 5.69 Å². The van der Waals surface area contributed by atoms with Crippen molar-refractivity contribution in [3.63, 3.8) is 0 Å². The molecule has 1 unspecified atom stereocenters. The smallest absolute Gasteiger partial charge is 0.268 e. The van der Waals surface area contributed by atoms with Crippen molar-refractivity contribution < 1.29 is 4.79 Å². The fraction of sp³-hybridized carbons (Fsp3) is 0.583. The van der Waals surface area contributed by atoms with E-state index in [4.69, 9.17) is 5.73 Å². The summed E-state index contributed by atoms with van der Waals surface area (Å²) >= 11 is 0. The number of carbonyl (C=O) groups is 1. The summed E-state index contributed by atoms with van der Waals surface area (Å²) in [6, 6.07) is 1.88. The van der Waals surface area contributed by atoms with Crippen molar-refractivity contribution in [1.82, 2.24) is 9.88 Å². The highest BCUT2D eigenvalue weighted by atomic mass is 16.2. The van der Waals surface area contributed by atoms with Gasteiger partial charge >= 0.3 is 0 Å². The van der Waals surface area contributed by atoms with Gasteiger partial charge in [0.2, 0.25) is 0 Å². The summed E-state index contributed by atoms with van der Waals surface area (Å²) in [5.74, 6) is 0.515. The number of nitrogens with two attached hydrogens (primary N) is 1. The fourth-order valence-corrected chi connectivity index (χ4v) is 1.88. The van der Waals surface area contributed by atoms with Crippen LogP contribution in [0.5, 0.6) is 0 Å². The van der Waals surface area contributed by atoms with Gasteiger partial charge in [-0.1, -0.05) is 13.8 Å². The number of nitrogens with zero attached hydrogens (tertiary/aromatic N) is 1. The van der Waals surface area contributed by atoms with Gasteiger partial charge in [0.25, 0.3) is 5.91 Å². The van der Waals surface area contributed by atoms with E-state index in [9.17, 15) is 4.79 Å². The Hall–Kier alpha value is -1.45. The largest absolute Gasteiger partial charge is 0.397 e. The molecule has 1 heterocycles. The van der Waals surface area contributed by atoms with E-state index in [0.717, 1.165) is 6.42 Å². The predicted molar refractivity (Wildman–Crippen MR) is 66.2 cm³/mol. The van der Waals surface area contributed by atoms with Crippen LogP contribution in [0.25, 0.3) is 0 Å². The first kappa shape index (κ1) is 12.6. The first-order chi connectivity index (χ1) is 7.40. The highest BCUT2D eigenvalue weighted by Crippen LogP contribution is 2.10. The molecule has 0 aromatic carbocycles. The second-order valence-corrected chi connectivity index (χ2v) is 4.77. The number of hydrogen-bond donors (Lipinski definition) is 2. The molecule has 0 fully saturated rings. The quantitative estimate of drug-likeness (QED) is 0.817. The van der Waals surface area contributed by atoms with Crippen LogP contribution < -0.4 is 11.1 Å². The molecule has 0 aliphatic heterocycles. The van der Waals surface area contributed by atoms with Crippen molar-refractivity contribution in [3.8, 4) is 0 Å². The first-order valence-corrected chi connectivity index (χ1v) is 5.63. The maximum atomic E-state index is 11.9. The normalized spacial score (nSPS) is 12.8. The maximum absolute atomic E-state index is 11.9. The maximum Gasteiger partial charge on any atom is 0.268 e. The molecule has 1 amide bonds. The number of aryl methyl sites for hydroxylation is 1. The average molecular weight is 223 g/mol. The summed E-state index contributed by atoms with van der Waals surface area (Å²) < 4.78 is 1.74. The molecule has 0 saturated heterocycles. The van der Waals surface area contributed by atoms with E-state index in [2.05, 4.69) is 19.2 Å². The zero-order valence-corrected chi connectivity index (χ0v) is 10.4. The second-order valence-electron chi connectivity index (χ2n) is 4.77. The molecule has 4 nitrogen and oxygen atoms in total. The number of nitrogens with one attached hydrogen (secondary N) is 1. The molecule has 0 radical (unpaired) electrons. The molecule has 16 heavy (non-hydrogen) atoms. The Morgan fingerprint density at radius 3 is 2.56 bits per heavy atom. The lowest BCUT2D eigenvalue weighted by Gasteiger charge is -2.15. The van der Waals surface area contributed by atoms with E-state index in [1.807, 2.05) is 14.0 Å². The van der Waals surface area contributed by atoms with E-state index in [1.54, 1.807) is 16.8 Å². The lowest BCUT2D eigenvalue weighted by atomic mass is 10.1. The molecule has 1 aromatic rings. The van der Waals surface area contributed by atoms with Crippen LogP contribution in [0.2, 0.25) is 0 Å². The minimum atomic E-state index is -0.0626. The molecular formula is C12H21N3O. The second kappa shape index (κ2) is 5.05. The summed E-state index contributed by atoms with van der Waals surface area (Å²) in [6.45, 7) is 6.30. The van der Waals surface area contributed by atoms with Crippen molar-refractivity contribution in [3.05, 3.63) is 18.0 Å². The Morgan fingerprint density at radius 1 is 1.50 bits per heavy atom. The summed E-state index contributed by atoms with van der Waals surface area (Å²) in [5, 5.41) is 2.97. The number of nitrogen functional groups attached to an aromatic ring is 1. The van der Waals surface area contributed by atoms with Crippen LogP contribution in [0.1, 0.15) is 37.7 Å². The van der Waals surface area contributed by atoms with E-state index in [1.165, 1.54) is 0 Å². The standard InChI is InChI=1S/C12H21N3O/c1-8(2)5-9(3)14-12(16)11-6-10(13)7-15(11)4/h6-9H,5,13H2,1-4H3,(H,14,16). The Balaban J connectivity index is 2.62. The van der Waals surface area contributed by atoms with Crippen molar-refractivity contribution in [1.29, 1.82) is 0 Å². The van der Waals surface area contributed by atoms with E-state index < -0.39 is 0 Å². The van der Waals surface area contributed by atoms with Gasteiger partial charge in [-0.25, -0.2) is 0 Å². The van der Waals surface area contributed by atoms with Gasteiger partial charge in [-0.3, -0.25) is 4.79 Å². The van der Waals surface area contributed by atoms with Gasteiger partial charge in [-0.2, -0.15) is 0 Å². The number of anilines is 1. The van der Waals surface area contributed by atoms with Crippen molar-refractivity contribution >= 4 is 11.6 Å². The zero-order valence-electron chi connectivity index (χ0n) is 10.4. The zero-order chi connectivity index (χ0) is 12.3. The molecule has 0 bridgehead atoms. The lowest BCUT2D eigenvalue weighted by Crippen LogP contribution is -2.34. The van der Waals surface area contributed by atoms with Crippen LogP contribution in [-0.2, 0) is 7.05 Å². The SMILES string of the molecule is CC(C)CC(C)NC(=O)c1cc(N)cn1C. The Bertz CT molecular complexity index is 368. The number of hydrogen-bond acceptors (Lipinski definition) is 2. The molecule has 1 atom stereocenters. The Morgan fingerprint density at radius 2 is 2.12 bits per heavy atom. The van der Waals surface area contributed by atoms with Crippen LogP contribution in [0, 0.1) is 5.92 Å². The average Bonchev–Trinajstić information content (AvgIpc) is 2.43. The van der Waals surface area contributed by atoms with Gasteiger partial charge in [-0.05, 0) is 25.3 Å². The van der Waals surface area contributed by atoms with Gasteiger partial charge in [0, 0.05) is 19.3 Å². The molecule has 90 valence electrons. The number of aromatic nitrogens is 1. The summed E-state index contributed by atoms with van der Waals surface area (Å²) in [7, 11) is 1.82. The molecule has 0 saturated carbocycles. The van der Waals surface area contributed by atoms with E-state index in [0.29, 0.717) is 17.3 Å². The van der Waals surface area contributed by atoms with Crippen LogP contribution in [0.3, 0.4) is 0 Å². The molecule has 4 heteroatoms. The fourth-order valence-electron chi connectivity index (χ4n) is 1.88. The van der Waals surface area contributed by atoms with Crippen LogP contribution >= 0.6 is 0 Å². The van der Waals surface area contributed by atoms with E-state index >= 15 is 0 Å². The third-order valence-electron chi connectivity index (χ3n) is 2.46. The van der Waals surface area contributed by atoms with Crippen LogP contribution in [0.15, 0.2) is 12.3 Å². The monoisotopic (exact) mass is 223 g/mol. The highest BCUT2D eigenvalue weighted by molar-refractivity contribution is 5.93. The Kier molecular flexibility index (Phi) is 3.99.